The molecule has 1 saturated heterocycles. The van der Waals surface area contributed by atoms with Gasteiger partial charge in [0.25, 0.3) is 0 Å². The molecular weight excluding hydrogens is 1030 g/mol. The molecule has 0 saturated carbocycles. The first-order valence-electron chi connectivity index (χ1n) is 21.6. The van der Waals surface area contributed by atoms with E-state index in [1.807, 2.05) is 0 Å². The third kappa shape index (κ3) is 6.14. The predicted octanol–water partition coefficient (Wildman–Crippen LogP) is 8.75. The third-order valence-electron chi connectivity index (χ3n) is 14.8. The summed E-state index contributed by atoms with van der Waals surface area (Å²) in [6.45, 7) is 10.8. The zero-order valence-electron chi connectivity index (χ0n) is 35.8. The Morgan fingerprint density at radius 1 is 0.274 bits per heavy atom. The fourth-order valence-corrected chi connectivity index (χ4v) is 142. The molecule has 1 fully saturated rings. The molecule has 0 unspecified atom stereocenters. The van der Waals surface area contributed by atoms with Crippen molar-refractivity contribution in [2.45, 2.75) is 29.3 Å². The Morgan fingerprint density at radius 2 is 0.403 bits per heavy atom. The van der Waals surface area contributed by atoms with Crippen LogP contribution in [0.3, 0.4) is 0 Å². The second kappa shape index (κ2) is 17.2. The molecule has 0 nitrogen and oxygen atoms in total. The molecule has 8 aromatic rings. The zero-order chi connectivity index (χ0) is 43.1. The quantitative estimate of drug-likeness (QED) is 0.108. The first-order chi connectivity index (χ1) is 30.0. The summed E-state index contributed by atoms with van der Waals surface area (Å²) < 4.78 is -0.593. The summed E-state index contributed by atoms with van der Waals surface area (Å²) in [6.07, 6.45) is 0. The van der Waals surface area contributed by atoms with Crippen molar-refractivity contribution in [1.29, 1.82) is 0 Å². The van der Waals surface area contributed by atoms with Gasteiger partial charge in [-0.1, -0.05) is 0 Å². The van der Waals surface area contributed by atoms with E-state index in [0.29, 0.717) is 0 Å². The zero-order valence-corrected chi connectivity index (χ0v) is 45.7. The van der Waals surface area contributed by atoms with E-state index in [1.54, 1.807) is 0 Å². The minimum absolute atomic E-state index is 0.296. The van der Waals surface area contributed by atoms with Crippen molar-refractivity contribution in [3.05, 3.63) is 243 Å². The van der Waals surface area contributed by atoms with Gasteiger partial charge in [-0.15, -0.1) is 0 Å². The molecule has 8 heteroatoms. The van der Waals surface area contributed by atoms with Crippen LogP contribution in [0.1, 0.15) is 0 Å². The summed E-state index contributed by atoms with van der Waals surface area (Å²) in [5.41, 5.74) is 0. The molecule has 0 amide bonds. The fourth-order valence-electron chi connectivity index (χ4n) is 11.7. The van der Waals surface area contributed by atoms with Gasteiger partial charge in [0.15, 0.2) is 0 Å². The van der Waals surface area contributed by atoms with E-state index >= 15 is 0 Å². The van der Waals surface area contributed by atoms with E-state index in [-0.39, 0.29) is 3.08 Å². The van der Waals surface area contributed by atoms with Gasteiger partial charge in [-0.25, -0.2) is 0 Å². The Bertz CT molecular complexity index is 2210. The second-order valence-electron chi connectivity index (χ2n) is 17.5. The molecule has 62 heavy (non-hydrogen) atoms. The molecule has 1 heterocycles. The number of benzene rings is 8. The van der Waals surface area contributed by atoms with Crippen LogP contribution in [0.15, 0.2) is 243 Å². The van der Waals surface area contributed by atoms with E-state index < -0.39 is 64.6 Å². The molecular formula is C54H52Cl2GeSi4Te. The Morgan fingerprint density at radius 3 is 0.516 bits per heavy atom. The van der Waals surface area contributed by atoms with Crippen LogP contribution in [0.4, 0.5) is 0 Å². The molecule has 0 atom stereocenters. The summed E-state index contributed by atoms with van der Waals surface area (Å²) in [4.78, 5) is 0. The van der Waals surface area contributed by atoms with Crippen LogP contribution in [-0.2, 0) is 0 Å². The van der Waals surface area contributed by atoms with Crippen LogP contribution in [0.25, 0.3) is 0 Å². The summed E-state index contributed by atoms with van der Waals surface area (Å²) in [7, 11) is 7.54. The number of rotatable bonds is 12. The Labute approximate surface area is 394 Å². The van der Waals surface area contributed by atoms with Crippen molar-refractivity contribution in [3.8, 4) is 0 Å². The number of halogens is 2. The maximum atomic E-state index is 9.71. The van der Waals surface area contributed by atoms with Crippen molar-refractivity contribution in [1.82, 2.24) is 0 Å². The average Bonchev–Trinajstić information content (AvgIpc) is 3.35. The molecule has 8 aromatic carbocycles. The molecule has 0 aliphatic carbocycles. The van der Waals surface area contributed by atoms with Crippen LogP contribution in [0, 0.1) is 0 Å². The van der Waals surface area contributed by atoms with Crippen molar-refractivity contribution in [2.75, 3.05) is 0 Å². The summed E-state index contributed by atoms with van der Waals surface area (Å²) in [5, 5.41) is 11.5. The van der Waals surface area contributed by atoms with Crippen molar-refractivity contribution in [3.63, 3.8) is 0 Å². The van der Waals surface area contributed by atoms with Gasteiger partial charge >= 0.3 is 398 Å². The third-order valence-corrected chi connectivity index (χ3v) is 113. The van der Waals surface area contributed by atoms with Gasteiger partial charge in [-0.05, 0) is 0 Å². The normalized spacial score (nSPS) is 15.9. The molecule has 0 aromatic heterocycles. The minimum atomic E-state index is -4.65. The van der Waals surface area contributed by atoms with E-state index in [2.05, 4.69) is 269 Å². The summed E-state index contributed by atoms with van der Waals surface area (Å²) in [5.74, 6) is 0. The SMILES string of the molecule is C[Si](c1ccccc1)(c1ccccc1)[C]1([Si](C)(c2ccccc2)c2ccccc2)[Te][C]([Si](C)(c2ccccc2)c2ccccc2)([Si](C)(c2ccccc2)c2ccccc2)[Ge]1([Cl])[Cl]. The monoisotopic (exact) mass is 1090 g/mol. The van der Waals surface area contributed by atoms with E-state index in [4.69, 9.17) is 0 Å². The number of hydrogen-bond acceptors (Lipinski definition) is 0. The van der Waals surface area contributed by atoms with Crippen LogP contribution >= 0.6 is 20.0 Å². The Balaban J connectivity index is 1.54. The van der Waals surface area contributed by atoms with Crippen LogP contribution in [-0.4, -0.2) is 64.6 Å². The number of hydrogen-bond donors (Lipinski definition) is 0. The molecule has 1 aliphatic rings. The van der Waals surface area contributed by atoms with Crippen LogP contribution in [0.5, 0.6) is 0 Å². The van der Waals surface area contributed by atoms with Crippen molar-refractivity contribution >= 4 is 126 Å². The average molecular weight is 1080 g/mol. The van der Waals surface area contributed by atoms with Gasteiger partial charge in [0.05, 0.1) is 0 Å². The molecule has 1 aliphatic heterocycles. The molecule has 0 radical (unpaired) electrons. The Hall–Kier alpha value is -3.46. The van der Waals surface area contributed by atoms with Gasteiger partial charge in [0, 0.05) is 0 Å². The van der Waals surface area contributed by atoms with E-state index in [0.717, 1.165) is 0 Å². The van der Waals surface area contributed by atoms with Crippen LogP contribution in [0.2, 0.25) is 29.3 Å². The first kappa shape index (κ1) is 43.8. The summed E-state index contributed by atoms with van der Waals surface area (Å²) >= 11 is -5.89. The standard InChI is InChI=1S/C54H52Cl2GeSi4Te/c1-58(45-29-13-5-14-30-45,46-31-15-6-16-32-46)53(59(2,47-33-17-7-18-34-47)48-35-19-8-20-36-48)57(55,56)54(62-53,60(3,49-37-21-9-22-38-49)50-39-23-10-24-40-50)61(4,51-41-25-11-26-42-51)52-43-27-12-28-44-52/h5-44H,1-4H3. The summed E-state index contributed by atoms with van der Waals surface area (Å²) in [6, 6.07) is 92.9. The van der Waals surface area contributed by atoms with Crippen molar-refractivity contribution < 1.29 is 0 Å². The molecule has 0 N–H and O–H groups in total. The first-order valence-corrected chi connectivity index (χ1v) is 41.5. The van der Waals surface area contributed by atoms with E-state index in [9.17, 15) is 20.0 Å². The van der Waals surface area contributed by atoms with Gasteiger partial charge in [0.1, 0.15) is 0 Å². The van der Waals surface area contributed by atoms with Crippen molar-refractivity contribution in [2.24, 2.45) is 0 Å². The maximum absolute atomic E-state index is 9.71. The van der Waals surface area contributed by atoms with Gasteiger partial charge in [-0.2, -0.15) is 0 Å². The fraction of sp³-hybridized carbons (Fsp3) is 0.111. The van der Waals surface area contributed by atoms with Gasteiger partial charge < -0.3 is 0 Å². The predicted molar refractivity (Wildman–Crippen MR) is 284 cm³/mol. The Kier molecular flexibility index (Phi) is 12.1. The second-order valence-corrected chi connectivity index (χ2v) is 65.0. The van der Waals surface area contributed by atoms with E-state index in [1.165, 1.54) is 41.5 Å². The van der Waals surface area contributed by atoms with Gasteiger partial charge in [0.2, 0.25) is 0 Å². The molecule has 0 spiro atoms. The van der Waals surface area contributed by atoms with Crippen LogP contribution < -0.4 is 41.5 Å². The topological polar surface area (TPSA) is 0 Å². The molecule has 0 bridgehead atoms. The molecule has 9 rings (SSSR count). The van der Waals surface area contributed by atoms with Gasteiger partial charge in [-0.3, -0.25) is 0 Å². The molecule has 308 valence electrons.